The number of phosphoric acid groups is 1. The number of nitrogens with zero attached hydrogens (tertiary/aromatic N) is 4. The molecule has 13 nitrogen and oxygen atoms in total. The third-order valence-corrected chi connectivity index (χ3v) is 6.76. The van der Waals surface area contributed by atoms with Gasteiger partial charge in [-0.3, -0.25) is 4.52 Å². The van der Waals surface area contributed by atoms with Gasteiger partial charge < -0.3 is 29.1 Å². The number of aromatic nitrogens is 4. The number of aliphatic hydroxyl groups is 1. The Morgan fingerprint density at radius 1 is 0.917 bits per heavy atom. The number of hydrogen-bond acceptors (Lipinski definition) is 13. The lowest BCUT2D eigenvalue weighted by atomic mass is 10.1. The van der Waals surface area contributed by atoms with Crippen LogP contribution in [0, 0.1) is 0 Å². The Bertz CT molecular complexity index is 1500. The van der Waals surface area contributed by atoms with Gasteiger partial charge in [-0.2, -0.15) is 17.5 Å². The van der Waals surface area contributed by atoms with E-state index in [0.717, 1.165) is 29.0 Å². The van der Waals surface area contributed by atoms with Crippen molar-refractivity contribution in [3.05, 3.63) is 59.0 Å². The molecule has 0 fully saturated rings. The second kappa shape index (κ2) is 10.1. The summed E-state index contributed by atoms with van der Waals surface area (Å²) in [5.74, 6) is -1.40. The summed E-state index contributed by atoms with van der Waals surface area (Å²) in [6, 6.07) is 10.5. The molecule has 1 aliphatic heterocycles. The van der Waals surface area contributed by atoms with Gasteiger partial charge in [0.25, 0.3) is 0 Å². The SMILES string of the molecule is O=C1OC(C(CO)OP(=O)(O)O)C(OCc2ccc3nsnc3c2)=C1OCc1ccc2nsnc2c1. The van der Waals surface area contributed by atoms with Crippen LogP contribution in [0.15, 0.2) is 47.9 Å². The monoisotopic (exact) mass is 552 g/mol. The number of phosphoric ester groups is 1. The van der Waals surface area contributed by atoms with Crippen LogP contribution in [-0.4, -0.2) is 57.2 Å². The van der Waals surface area contributed by atoms with E-state index in [2.05, 4.69) is 22.0 Å². The molecule has 0 spiro atoms. The van der Waals surface area contributed by atoms with Crippen molar-refractivity contribution in [3.63, 3.8) is 0 Å². The van der Waals surface area contributed by atoms with E-state index < -0.39 is 32.6 Å². The van der Waals surface area contributed by atoms with Crippen molar-refractivity contribution in [2.45, 2.75) is 25.4 Å². The van der Waals surface area contributed by atoms with Crippen molar-refractivity contribution >= 4 is 59.3 Å². The zero-order valence-electron chi connectivity index (χ0n) is 18.1. The minimum Gasteiger partial charge on any atom is -0.485 e. The van der Waals surface area contributed by atoms with Crippen LogP contribution < -0.4 is 0 Å². The number of aliphatic hydroxyl groups excluding tert-OH is 1. The van der Waals surface area contributed by atoms with Crippen LogP contribution in [0.2, 0.25) is 0 Å². The summed E-state index contributed by atoms with van der Waals surface area (Å²) < 4.78 is 49.5. The molecule has 0 amide bonds. The van der Waals surface area contributed by atoms with Crippen molar-refractivity contribution in [1.82, 2.24) is 17.5 Å². The summed E-state index contributed by atoms with van der Waals surface area (Å²) >= 11 is 2.13. The molecule has 16 heteroatoms. The first-order valence-electron chi connectivity index (χ1n) is 10.3. The van der Waals surface area contributed by atoms with Crippen molar-refractivity contribution < 1.29 is 43.0 Å². The first-order valence-corrected chi connectivity index (χ1v) is 13.3. The number of benzene rings is 2. The summed E-state index contributed by atoms with van der Waals surface area (Å²) in [4.78, 5) is 31.1. The molecule has 3 heterocycles. The normalized spacial score (nSPS) is 17.1. The third-order valence-electron chi connectivity index (χ3n) is 5.11. The highest BCUT2D eigenvalue weighted by Crippen LogP contribution is 2.41. The fourth-order valence-corrected chi connectivity index (χ4v) is 5.05. The lowest BCUT2D eigenvalue weighted by Crippen LogP contribution is -2.34. The van der Waals surface area contributed by atoms with Crippen LogP contribution in [0.3, 0.4) is 0 Å². The number of fused-ring (bicyclic) bond motifs is 2. The van der Waals surface area contributed by atoms with Gasteiger partial charge in [-0.05, 0) is 35.4 Å². The van der Waals surface area contributed by atoms with E-state index in [1.54, 1.807) is 36.4 Å². The molecule has 2 atom stereocenters. The average molecular weight is 552 g/mol. The van der Waals surface area contributed by atoms with E-state index in [4.69, 9.17) is 14.2 Å². The second-order valence-electron chi connectivity index (χ2n) is 7.59. The maximum atomic E-state index is 12.7. The van der Waals surface area contributed by atoms with Gasteiger partial charge in [0.05, 0.1) is 30.1 Å². The van der Waals surface area contributed by atoms with Crippen molar-refractivity contribution in [2.24, 2.45) is 0 Å². The minimum absolute atomic E-state index is 0.0585. The highest BCUT2D eigenvalue weighted by atomic mass is 32.1. The van der Waals surface area contributed by atoms with E-state index in [-0.39, 0.29) is 24.7 Å². The van der Waals surface area contributed by atoms with E-state index in [9.17, 15) is 24.3 Å². The van der Waals surface area contributed by atoms with Gasteiger partial charge in [0.2, 0.25) is 5.76 Å². The van der Waals surface area contributed by atoms with Crippen molar-refractivity contribution in [1.29, 1.82) is 0 Å². The highest BCUT2D eigenvalue weighted by Gasteiger charge is 2.45. The first-order chi connectivity index (χ1) is 17.3. The number of esters is 1. The molecule has 3 N–H and O–H groups in total. The van der Waals surface area contributed by atoms with E-state index in [0.29, 0.717) is 27.7 Å². The molecular weight excluding hydrogens is 535 g/mol. The van der Waals surface area contributed by atoms with E-state index >= 15 is 0 Å². The quantitative estimate of drug-likeness (QED) is 0.192. The number of carbonyl (C=O) groups is 1. The molecule has 36 heavy (non-hydrogen) atoms. The number of hydrogen-bond donors (Lipinski definition) is 3. The average Bonchev–Trinajstić information content (AvgIpc) is 3.57. The van der Waals surface area contributed by atoms with Crippen LogP contribution in [-0.2, 0) is 41.3 Å². The van der Waals surface area contributed by atoms with E-state index in [1.807, 2.05) is 0 Å². The summed E-state index contributed by atoms with van der Waals surface area (Å²) in [5.41, 5.74) is 4.13. The number of ether oxygens (including phenoxy) is 3. The molecule has 0 saturated heterocycles. The van der Waals surface area contributed by atoms with Crippen LogP contribution in [0.4, 0.5) is 0 Å². The summed E-state index contributed by atoms with van der Waals surface area (Å²) in [5, 5.41) is 9.70. The molecule has 0 radical (unpaired) electrons. The Labute approximate surface area is 210 Å². The third kappa shape index (κ3) is 5.37. The van der Waals surface area contributed by atoms with Gasteiger partial charge in [0, 0.05) is 0 Å². The molecule has 5 rings (SSSR count). The fourth-order valence-electron chi connectivity index (χ4n) is 3.49. The van der Waals surface area contributed by atoms with Gasteiger partial charge in [0.15, 0.2) is 11.9 Å². The predicted molar refractivity (Wildman–Crippen MR) is 125 cm³/mol. The zero-order valence-corrected chi connectivity index (χ0v) is 20.6. The topological polar surface area (TPSA) is 183 Å². The molecule has 2 aromatic heterocycles. The van der Waals surface area contributed by atoms with Crippen molar-refractivity contribution in [3.8, 4) is 0 Å². The Kier molecular flexibility index (Phi) is 6.94. The van der Waals surface area contributed by atoms with Gasteiger partial charge in [-0.15, -0.1) is 0 Å². The molecule has 0 aliphatic carbocycles. The molecule has 4 aromatic rings. The van der Waals surface area contributed by atoms with Gasteiger partial charge in [0.1, 0.15) is 41.4 Å². The maximum absolute atomic E-state index is 12.7. The molecule has 0 bridgehead atoms. The second-order valence-corrected chi connectivity index (χ2v) is 9.84. The minimum atomic E-state index is -5.03. The van der Waals surface area contributed by atoms with Gasteiger partial charge >= 0.3 is 13.8 Å². The first kappa shape index (κ1) is 24.6. The number of cyclic esters (lactones) is 1. The summed E-state index contributed by atoms with van der Waals surface area (Å²) in [6.07, 6.45) is -3.06. The summed E-state index contributed by atoms with van der Waals surface area (Å²) in [7, 11) is -5.03. The van der Waals surface area contributed by atoms with Crippen LogP contribution >= 0.6 is 31.3 Å². The molecule has 2 aromatic carbocycles. The molecule has 1 aliphatic rings. The number of rotatable bonds is 10. The Morgan fingerprint density at radius 3 is 2.03 bits per heavy atom. The Morgan fingerprint density at radius 2 is 1.47 bits per heavy atom. The van der Waals surface area contributed by atoms with Crippen LogP contribution in [0.5, 0.6) is 0 Å². The molecule has 2 unspecified atom stereocenters. The Balaban J connectivity index is 1.42. The predicted octanol–water partition coefficient (Wildman–Crippen LogP) is 2.04. The zero-order chi connectivity index (χ0) is 25.3. The van der Waals surface area contributed by atoms with Crippen molar-refractivity contribution in [2.75, 3.05) is 6.61 Å². The molecule has 188 valence electrons. The fraction of sp³-hybridized carbons (Fsp3) is 0.250. The lowest BCUT2D eigenvalue weighted by Gasteiger charge is -2.23. The lowest BCUT2D eigenvalue weighted by molar-refractivity contribution is -0.148. The maximum Gasteiger partial charge on any atom is 0.470 e. The van der Waals surface area contributed by atoms with Gasteiger partial charge in [-0.1, -0.05) is 12.1 Å². The standard InChI is InChI=1S/C20H17N4O9PS2/c25-7-16(33-34(27,28)29)17-18(30-8-10-1-3-12-14(5-10)23-35-21-12)19(20(26)32-17)31-9-11-2-4-13-15(6-11)24-36-22-13/h1-6,16-17,25H,7-9H2,(H2,27,28,29). The smallest absolute Gasteiger partial charge is 0.470 e. The summed E-state index contributed by atoms with van der Waals surface area (Å²) in [6.45, 7) is -0.989. The van der Waals surface area contributed by atoms with E-state index in [1.165, 1.54) is 0 Å². The number of carbonyl (C=O) groups excluding carboxylic acids is 1. The highest BCUT2D eigenvalue weighted by molar-refractivity contribution is 7.46. The molecular formula is C20H17N4O9PS2. The largest absolute Gasteiger partial charge is 0.485 e. The van der Waals surface area contributed by atoms with Gasteiger partial charge in [-0.25, -0.2) is 9.36 Å². The molecule has 0 saturated carbocycles. The van der Waals surface area contributed by atoms with Crippen LogP contribution in [0.1, 0.15) is 11.1 Å². The van der Waals surface area contributed by atoms with Crippen LogP contribution in [0.25, 0.3) is 22.1 Å². The Hall–Kier alpha value is -3.04.